The number of nitrogens with zero attached hydrogens (tertiary/aromatic N) is 2. The number of likely N-dealkylation sites (tertiary alicyclic amines) is 1. The number of rotatable bonds is 7. The monoisotopic (exact) mass is 605 g/mol. The molecule has 5 rings (SSSR count). The fourth-order valence-corrected chi connectivity index (χ4v) is 7.17. The summed E-state index contributed by atoms with van der Waals surface area (Å²) in [6.45, 7) is 6.94. The molecule has 3 aromatic rings. The number of anilines is 1. The topological polar surface area (TPSA) is 35.6 Å². The van der Waals surface area contributed by atoms with Crippen LogP contribution < -0.4 is 9.62 Å². The molecule has 0 bridgehead atoms. The number of hydrogen-bond acceptors (Lipinski definition) is 3. The Kier molecular flexibility index (Phi) is 12.0. The molecule has 4 nitrogen and oxygen atoms in total. The van der Waals surface area contributed by atoms with Crippen molar-refractivity contribution < 1.29 is 4.21 Å². The van der Waals surface area contributed by atoms with Gasteiger partial charge in [0, 0.05) is 40.4 Å². The summed E-state index contributed by atoms with van der Waals surface area (Å²) in [5.41, 5.74) is 3.70. The van der Waals surface area contributed by atoms with Gasteiger partial charge in [-0.1, -0.05) is 78.1 Å². The first kappa shape index (κ1) is 30.4. The van der Waals surface area contributed by atoms with E-state index in [1.54, 1.807) is 0 Å². The van der Waals surface area contributed by atoms with E-state index in [1.807, 2.05) is 37.3 Å². The van der Waals surface area contributed by atoms with Crippen LogP contribution in [0.2, 0.25) is 15.1 Å². The molecule has 2 unspecified atom stereocenters. The zero-order valence-electron chi connectivity index (χ0n) is 22.5. The molecule has 0 spiro atoms. The minimum atomic E-state index is -0.845. The third kappa shape index (κ3) is 8.94. The highest BCUT2D eigenvalue weighted by atomic mass is 35.5. The highest BCUT2D eigenvalue weighted by Crippen LogP contribution is 2.39. The van der Waals surface area contributed by atoms with Crippen molar-refractivity contribution in [3.8, 4) is 0 Å². The lowest BCUT2D eigenvalue weighted by molar-refractivity contribution is 0.223. The van der Waals surface area contributed by atoms with Gasteiger partial charge in [-0.25, -0.2) is 8.93 Å². The van der Waals surface area contributed by atoms with Crippen LogP contribution in [-0.4, -0.2) is 40.5 Å². The maximum absolute atomic E-state index is 11.8. The van der Waals surface area contributed by atoms with Gasteiger partial charge in [0.25, 0.3) is 0 Å². The zero-order valence-corrected chi connectivity index (χ0v) is 25.6. The minimum absolute atomic E-state index is 0.296. The van der Waals surface area contributed by atoms with Crippen LogP contribution in [0.1, 0.15) is 56.2 Å². The molecule has 39 heavy (non-hydrogen) atoms. The van der Waals surface area contributed by atoms with Gasteiger partial charge >= 0.3 is 0 Å². The predicted molar refractivity (Wildman–Crippen MR) is 168 cm³/mol. The van der Waals surface area contributed by atoms with Crippen molar-refractivity contribution in [2.75, 3.05) is 31.1 Å². The Hall–Kier alpha value is -1.60. The fraction of sp³-hybridized carbons (Fsp3) is 0.419. The molecule has 2 aliphatic heterocycles. The van der Waals surface area contributed by atoms with Crippen LogP contribution in [-0.2, 0) is 17.5 Å². The number of nitrogens with one attached hydrogen (secondary N) is 1. The molecule has 0 amide bonds. The van der Waals surface area contributed by atoms with Crippen LogP contribution in [0.15, 0.2) is 72.8 Å². The van der Waals surface area contributed by atoms with Crippen LogP contribution in [0.3, 0.4) is 0 Å². The maximum atomic E-state index is 11.8. The summed E-state index contributed by atoms with van der Waals surface area (Å²) in [4.78, 5) is 4.87. The highest BCUT2D eigenvalue weighted by molar-refractivity contribution is 7.83. The third-order valence-corrected chi connectivity index (χ3v) is 9.82. The molecular weight excluding hydrogens is 569 g/mol. The van der Waals surface area contributed by atoms with Gasteiger partial charge in [0.2, 0.25) is 0 Å². The lowest BCUT2D eigenvalue weighted by Gasteiger charge is -2.38. The first-order valence-electron chi connectivity index (χ1n) is 13.8. The molecule has 8 heteroatoms. The second kappa shape index (κ2) is 15.4. The number of benzene rings is 3. The first-order valence-corrected chi connectivity index (χ1v) is 16.2. The average molecular weight is 607 g/mol. The van der Waals surface area contributed by atoms with Gasteiger partial charge in [-0.15, -0.1) is 0 Å². The predicted octanol–water partition coefficient (Wildman–Crippen LogP) is 8.30. The SMILES string of the molecule is CCNS(=O)C1CCN(Cc2ccccc2)CC1.Clc1ccc(N2CCCCC2c2ccc(Cl)cc2Cl)cc1. The Balaban J connectivity index is 0.000000183. The lowest BCUT2D eigenvalue weighted by Crippen LogP contribution is -2.40. The molecule has 0 aliphatic carbocycles. The molecule has 2 atom stereocenters. The van der Waals surface area contributed by atoms with E-state index in [2.05, 4.69) is 57.0 Å². The van der Waals surface area contributed by atoms with Crippen molar-refractivity contribution in [1.82, 2.24) is 9.62 Å². The van der Waals surface area contributed by atoms with Gasteiger partial charge in [-0.3, -0.25) is 4.90 Å². The summed E-state index contributed by atoms with van der Waals surface area (Å²) < 4.78 is 14.9. The van der Waals surface area contributed by atoms with Crippen molar-refractivity contribution in [3.63, 3.8) is 0 Å². The van der Waals surface area contributed by atoms with Crippen molar-refractivity contribution in [2.45, 2.75) is 56.9 Å². The Bertz CT molecular complexity index is 1190. The summed E-state index contributed by atoms with van der Waals surface area (Å²) >= 11 is 18.4. The second-order valence-electron chi connectivity index (χ2n) is 10.1. The van der Waals surface area contributed by atoms with Crippen molar-refractivity contribution in [1.29, 1.82) is 0 Å². The number of piperidine rings is 2. The van der Waals surface area contributed by atoms with Crippen LogP contribution in [0, 0.1) is 0 Å². The molecule has 2 aliphatic rings. The second-order valence-corrected chi connectivity index (χ2v) is 12.9. The summed E-state index contributed by atoms with van der Waals surface area (Å²) in [7, 11) is -0.845. The minimum Gasteiger partial charge on any atom is -0.364 e. The van der Waals surface area contributed by atoms with Gasteiger partial charge in [-0.05, 0) is 92.7 Å². The van der Waals surface area contributed by atoms with E-state index in [-0.39, 0.29) is 0 Å². The quantitative estimate of drug-likeness (QED) is 0.294. The first-order chi connectivity index (χ1) is 18.9. The molecule has 0 saturated carbocycles. The van der Waals surface area contributed by atoms with Crippen molar-refractivity contribution >= 4 is 51.5 Å². The van der Waals surface area contributed by atoms with E-state index in [0.717, 1.165) is 67.6 Å². The molecular formula is C31H38Cl3N3OS. The normalized spacial score (nSPS) is 19.3. The van der Waals surface area contributed by atoms with E-state index >= 15 is 0 Å². The smallest absolute Gasteiger partial charge is 0.0947 e. The average Bonchev–Trinajstić information content (AvgIpc) is 2.95. The zero-order chi connectivity index (χ0) is 27.6. The molecule has 210 valence electrons. The Morgan fingerprint density at radius 3 is 2.21 bits per heavy atom. The van der Waals surface area contributed by atoms with Gasteiger partial charge in [0.1, 0.15) is 0 Å². The highest BCUT2D eigenvalue weighted by Gasteiger charge is 2.26. The van der Waals surface area contributed by atoms with Crippen LogP contribution >= 0.6 is 34.8 Å². The van der Waals surface area contributed by atoms with E-state index in [1.165, 1.54) is 24.1 Å². The molecule has 2 saturated heterocycles. The molecule has 2 heterocycles. The van der Waals surface area contributed by atoms with E-state index in [9.17, 15) is 4.21 Å². The Morgan fingerprint density at radius 1 is 0.846 bits per heavy atom. The van der Waals surface area contributed by atoms with E-state index < -0.39 is 11.0 Å². The summed E-state index contributed by atoms with van der Waals surface area (Å²) in [6, 6.07) is 24.7. The molecule has 0 radical (unpaired) electrons. The van der Waals surface area contributed by atoms with Crippen LogP contribution in [0.4, 0.5) is 5.69 Å². The number of hydrogen-bond donors (Lipinski definition) is 1. The van der Waals surface area contributed by atoms with Crippen LogP contribution in [0.25, 0.3) is 0 Å². The molecule has 1 N–H and O–H groups in total. The lowest BCUT2D eigenvalue weighted by atomic mass is 9.94. The van der Waals surface area contributed by atoms with Gasteiger partial charge in [0.15, 0.2) is 0 Å². The third-order valence-electron chi connectivity index (χ3n) is 7.36. The number of halogens is 3. The van der Waals surface area contributed by atoms with Gasteiger partial charge in [-0.2, -0.15) is 0 Å². The summed E-state index contributed by atoms with van der Waals surface area (Å²) in [6.07, 6.45) is 5.58. The molecule has 2 fully saturated rings. The Labute approximate surface area is 251 Å². The molecule has 0 aromatic heterocycles. The summed E-state index contributed by atoms with van der Waals surface area (Å²) in [5, 5.41) is 2.51. The van der Waals surface area contributed by atoms with E-state index in [4.69, 9.17) is 34.8 Å². The van der Waals surface area contributed by atoms with Crippen LogP contribution in [0.5, 0.6) is 0 Å². The maximum Gasteiger partial charge on any atom is 0.0947 e. The molecule has 3 aromatic carbocycles. The largest absolute Gasteiger partial charge is 0.364 e. The Morgan fingerprint density at radius 2 is 1.54 bits per heavy atom. The van der Waals surface area contributed by atoms with Gasteiger partial charge in [0.05, 0.1) is 22.3 Å². The van der Waals surface area contributed by atoms with E-state index in [0.29, 0.717) is 16.3 Å². The van der Waals surface area contributed by atoms with Gasteiger partial charge < -0.3 is 4.90 Å². The van der Waals surface area contributed by atoms with Crippen molar-refractivity contribution in [3.05, 3.63) is 99.0 Å². The summed E-state index contributed by atoms with van der Waals surface area (Å²) in [5.74, 6) is 0. The van der Waals surface area contributed by atoms with Crippen molar-refractivity contribution in [2.24, 2.45) is 0 Å². The standard InChI is InChI=1S/C17H16Cl3N.C14H22N2OS/c18-12-4-7-14(8-5-12)21-10-2-1-3-17(21)15-9-6-13(19)11-16(15)20;1-2-15-18(17)14-8-10-16(11-9-14)12-13-6-4-3-5-7-13/h4-9,11,17H,1-3,10H2;3-7,14-15H,2,8-12H2,1H3. The fourth-order valence-electron chi connectivity index (χ4n) is 5.35.